The van der Waals surface area contributed by atoms with E-state index in [1.165, 1.54) is 29.2 Å². The third-order valence-corrected chi connectivity index (χ3v) is 17.6. The molecule has 564 valence electrons. The van der Waals surface area contributed by atoms with Gasteiger partial charge in [-0.25, -0.2) is 4.79 Å². The van der Waals surface area contributed by atoms with E-state index in [0.29, 0.717) is 34.0 Å². The Hall–Kier alpha value is -11.1. The van der Waals surface area contributed by atoms with Gasteiger partial charge in [-0.3, -0.25) is 67.1 Å². The van der Waals surface area contributed by atoms with Gasteiger partial charge in [0.25, 0.3) is 0 Å². The molecule has 0 saturated carbocycles. The fourth-order valence-electron chi connectivity index (χ4n) is 11.4. The third-order valence-electron chi connectivity index (χ3n) is 16.8. The van der Waals surface area contributed by atoms with Gasteiger partial charge in [-0.05, 0) is 72.1 Å². The lowest BCUT2D eigenvalue weighted by atomic mass is 10.00. The average molecular weight is 1490 g/mol. The molecule has 2 heterocycles. The second-order valence-corrected chi connectivity index (χ2v) is 26.2. The van der Waals surface area contributed by atoms with Crippen LogP contribution in [0.4, 0.5) is 0 Å². The van der Waals surface area contributed by atoms with Crippen LogP contribution in [0.2, 0.25) is 0 Å². The third kappa shape index (κ3) is 26.3. The van der Waals surface area contributed by atoms with Crippen LogP contribution in [-0.2, 0) is 97.6 Å². The van der Waals surface area contributed by atoms with Crippen molar-refractivity contribution in [2.24, 2.45) is 17.4 Å². The normalized spacial score (nSPS) is 15.4. The Kier molecular flexibility index (Phi) is 32.1. The minimum atomic E-state index is -2.16. The van der Waals surface area contributed by atoms with Crippen molar-refractivity contribution >= 4 is 125 Å². The summed E-state index contributed by atoms with van der Waals surface area (Å²) in [5.74, 6) is -17.8. The number of aliphatic carboxylic acids is 3. The number of nitrogens with two attached hydrogens (primary N) is 2. The summed E-state index contributed by atoms with van der Waals surface area (Å²) >= 11 is 8.13. The van der Waals surface area contributed by atoms with Crippen LogP contribution in [0, 0.1) is 5.92 Å². The van der Waals surface area contributed by atoms with Crippen LogP contribution in [0.15, 0.2) is 115 Å². The molecule has 0 spiro atoms. The number of carboxylic acid groups (broad SMARTS) is 3. The first-order chi connectivity index (χ1) is 49.9. The average Bonchev–Trinajstić information content (AvgIpc) is 1.69. The number of phenolic OH excluding ortho intramolecular Hbond substituents is 1. The van der Waals surface area contributed by atoms with Gasteiger partial charge in [0.05, 0.1) is 25.4 Å². The molecule has 19 N–H and O–H groups in total. The molecule has 0 aliphatic carbocycles. The van der Waals surface area contributed by atoms with E-state index in [1.54, 1.807) is 105 Å². The molecule has 1 saturated heterocycles. The highest BCUT2D eigenvalue weighted by atomic mass is 32.1. The van der Waals surface area contributed by atoms with Crippen molar-refractivity contribution in [1.29, 1.82) is 0 Å². The summed E-state index contributed by atoms with van der Waals surface area (Å²) in [6.07, 6.45) is -2.45. The molecular weight excluding hydrogens is 1400 g/mol. The summed E-state index contributed by atoms with van der Waals surface area (Å²) in [4.78, 5) is 209. The lowest BCUT2D eigenvalue weighted by molar-refractivity contribution is -0.142. The van der Waals surface area contributed by atoms with Gasteiger partial charge in [0.1, 0.15) is 66.2 Å². The van der Waals surface area contributed by atoms with Crippen molar-refractivity contribution < 1.29 is 92.3 Å². The van der Waals surface area contributed by atoms with E-state index in [2.05, 4.69) is 83.4 Å². The summed E-state index contributed by atoms with van der Waals surface area (Å²) in [7, 11) is 0. The molecule has 0 bridgehead atoms. The van der Waals surface area contributed by atoms with E-state index in [0.717, 1.165) is 0 Å². The number of aromatic hydroxyl groups is 1. The first-order valence-electron chi connectivity index (χ1n) is 33.6. The molecular formula is C70H88N14O19S2. The van der Waals surface area contributed by atoms with Crippen LogP contribution >= 0.6 is 25.3 Å². The van der Waals surface area contributed by atoms with Crippen LogP contribution in [0.5, 0.6) is 5.75 Å². The molecule has 0 radical (unpaired) electrons. The summed E-state index contributed by atoms with van der Waals surface area (Å²) in [6.45, 7) is 2.76. The van der Waals surface area contributed by atoms with Crippen molar-refractivity contribution in [2.75, 3.05) is 24.6 Å². The number of thiol groups is 2. The van der Waals surface area contributed by atoms with E-state index in [9.17, 15) is 92.3 Å². The van der Waals surface area contributed by atoms with E-state index in [1.807, 2.05) is 0 Å². The fraction of sp³-hybridized carbons (Fsp3) is 0.414. The van der Waals surface area contributed by atoms with E-state index in [-0.39, 0.29) is 67.4 Å². The standard InChI is InChI=1S/C70H88N14O19S2/c1-37(2)26-47(62(94)83-54(36-105)70(102)103)77-64(96)49(27-38-12-5-3-6-13-38)78-61(93)46(23-24-58(88)89)76-66(98)52(31-56(72)86)80-67(99)53(32-59(90)91)81-63(95)48(29-40-19-21-42(85)22-20-40)75-57(87)34-74-60(92)51(30-41-33-73-45-17-10-9-16-43(41)45)79-65(97)50(28-39-14-7-4-8-15-39)82-68(100)55-18-11-25-84(55)69(101)44(71)35-104/h3-10,12-17,19-22,33,37,44,46-55,73,85,104-105H,11,18,23-32,34-36,71H2,1-2H3,(H2,72,86)(H,74,92)(H,75,87)(H,76,98)(H,77,96)(H,78,93)(H,79,97)(H,80,99)(H,81,95)(H,82,100)(H,83,94)(H,88,89)(H,90,91)(H,102,103)/t44-,46-,47-,48-,49-,50-,51-,52-,53-,54-,55-/m0/s1. The van der Waals surface area contributed by atoms with E-state index >= 15 is 0 Å². The van der Waals surface area contributed by atoms with E-state index in [4.69, 9.17) is 11.5 Å². The fourth-order valence-corrected chi connectivity index (χ4v) is 11.9. The second kappa shape index (κ2) is 40.7. The SMILES string of the molecule is CC(C)C[C@H](NC(=O)[C@H](Cc1ccccc1)NC(=O)[C@H](CCC(=O)O)NC(=O)[C@H](CC(N)=O)NC(=O)[C@H](CC(=O)O)NC(=O)[C@H](Cc1ccc(O)cc1)NC(=O)CNC(=O)[C@H](Cc1c[nH]c2ccccc12)NC(=O)[C@H](Cc1ccccc1)NC(=O)[C@@H]1CCCN1C(=O)[C@@H](N)CS)C(=O)N[C@@H](CS)C(=O)O. The number of phenols is 1. The summed E-state index contributed by atoms with van der Waals surface area (Å²) < 4.78 is 0. The number of para-hydroxylation sites is 1. The molecule has 105 heavy (non-hydrogen) atoms. The van der Waals surface area contributed by atoms with Gasteiger partial charge in [0, 0.05) is 67.3 Å². The summed E-state index contributed by atoms with van der Waals surface area (Å²) in [5, 5.41) is 64.5. The molecule has 6 rings (SSSR count). The minimum absolute atomic E-state index is 0.0123. The lowest BCUT2D eigenvalue weighted by Gasteiger charge is -2.28. The number of fused-ring (bicyclic) bond motifs is 1. The Labute approximate surface area is 613 Å². The van der Waals surface area contributed by atoms with Gasteiger partial charge in [0.2, 0.25) is 70.9 Å². The highest BCUT2D eigenvalue weighted by molar-refractivity contribution is 7.80. The molecule has 11 atom stereocenters. The smallest absolute Gasteiger partial charge is 0.327 e. The van der Waals surface area contributed by atoms with Gasteiger partial charge in [-0.15, -0.1) is 0 Å². The number of rotatable bonds is 41. The highest BCUT2D eigenvalue weighted by Gasteiger charge is 2.40. The number of likely N-dealkylation sites (tertiary alicyclic amines) is 1. The number of nitrogens with one attached hydrogen (secondary N) is 11. The number of hydrogen-bond donors (Lipinski definition) is 19. The van der Waals surface area contributed by atoms with Gasteiger partial charge in [-0.1, -0.05) is 105 Å². The number of primary amides is 1. The largest absolute Gasteiger partial charge is 0.508 e. The number of carbonyl (C=O) groups excluding carboxylic acids is 12. The van der Waals surface area contributed by atoms with Crippen molar-refractivity contribution in [3.8, 4) is 5.75 Å². The number of hydrogen-bond acceptors (Lipinski definition) is 19. The maximum atomic E-state index is 14.6. The van der Waals surface area contributed by atoms with Gasteiger partial charge in [-0.2, -0.15) is 25.3 Å². The molecule has 33 nitrogen and oxygen atoms in total. The zero-order valence-electron chi connectivity index (χ0n) is 57.4. The molecule has 1 aliphatic rings. The molecule has 5 aromatic rings. The Morgan fingerprint density at radius 2 is 0.990 bits per heavy atom. The number of nitrogens with zero attached hydrogens (tertiary/aromatic N) is 1. The molecule has 35 heteroatoms. The van der Waals surface area contributed by atoms with E-state index < -0.39 is 194 Å². The zero-order valence-corrected chi connectivity index (χ0v) is 59.2. The quantitative estimate of drug-likeness (QED) is 0.0191. The number of aromatic nitrogens is 1. The predicted octanol–water partition coefficient (Wildman–Crippen LogP) is -1.85. The first-order valence-corrected chi connectivity index (χ1v) is 34.8. The highest BCUT2D eigenvalue weighted by Crippen LogP contribution is 2.22. The Balaban J connectivity index is 1.22. The number of amides is 12. The van der Waals surface area contributed by atoms with Crippen molar-refractivity contribution in [3.05, 3.63) is 138 Å². The molecule has 12 amide bonds. The lowest BCUT2D eigenvalue weighted by Crippen LogP contribution is -2.61. The Morgan fingerprint density at radius 1 is 0.524 bits per heavy atom. The van der Waals surface area contributed by atoms with Crippen LogP contribution < -0.4 is 64.6 Å². The van der Waals surface area contributed by atoms with Gasteiger partial charge >= 0.3 is 17.9 Å². The first kappa shape index (κ1) is 82.9. The molecule has 0 unspecified atom stereocenters. The Morgan fingerprint density at radius 3 is 1.52 bits per heavy atom. The van der Waals surface area contributed by atoms with Crippen molar-refractivity contribution in [2.45, 2.75) is 151 Å². The van der Waals surface area contributed by atoms with Crippen molar-refractivity contribution in [1.82, 2.24) is 63.1 Å². The van der Waals surface area contributed by atoms with Gasteiger partial charge < -0.3 is 94.9 Å². The zero-order chi connectivity index (χ0) is 77.0. The number of aromatic amines is 1. The molecule has 1 fully saturated rings. The number of benzene rings is 4. The monoisotopic (exact) mass is 1490 g/mol. The number of carbonyl (C=O) groups is 15. The van der Waals surface area contributed by atoms with Crippen LogP contribution in [0.1, 0.15) is 81.0 Å². The van der Waals surface area contributed by atoms with Gasteiger partial charge in [0.15, 0.2) is 0 Å². The Bertz CT molecular complexity index is 3930. The van der Waals surface area contributed by atoms with Crippen LogP contribution in [0.3, 0.4) is 0 Å². The van der Waals surface area contributed by atoms with Crippen LogP contribution in [0.25, 0.3) is 10.9 Å². The minimum Gasteiger partial charge on any atom is -0.508 e. The summed E-state index contributed by atoms with van der Waals surface area (Å²) in [6, 6.07) is 11.9. The summed E-state index contributed by atoms with van der Waals surface area (Å²) in [5.41, 5.74) is 14.1. The predicted molar refractivity (Wildman–Crippen MR) is 385 cm³/mol. The number of H-pyrrole nitrogens is 1. The maximum Gasteiger partial charge on any atom is 0.327 e. The topological polar surface area (TPSA) is 528 Å². The maximum absolute atomic E-state index is 14.6. The molecule has 1 aliphatic heterocycles. The van der Waals surface area contributed by atoms with Crippen LogP contribution in [-0.4, -0.2) is 210 Å². The number of carboxylic acids is 3. The second-order valence-electron chi connectivity index (χ2n) is 25.5. The molecule has 4 aromatic carbocycles. The van der Waals surface area contributed by atoms with Crippen molar-refractivity contribution in [3.63, 3.8) is 0 Å². The molecule has 1 aromatic heterocycles.